The van der Waals surface area contributed by atoms with Gasteiger partial charge in [-0.1, -0.05) is 29.8 Å². The molecule has 21 heavy (non-hydrogen) atoms. The highest BCUT2D eigenvalue weighted by molar-refractivity contribution is 7.09. The minimum atomic E-state index is -0.836. The van der Waals surface area contributed by atoms with Crippen molar-refractivity contribution >= 4 is 34.9 Å². The number of aromatic nitrogens is 1. The predicted molar refractivity (Wildman–Crippen MR) is 85.3 cm³/mol. The van der Waals surface area contributed by atoms with E-state index in [0.717, 1.165) is 10.7 Å². The highest BCUT2D eigenvalue weighted by Gasteiger charge is 2.11. The third kappa shape index (κ3) is 4.67. The molecule has 1 atom stereocenters. The summed E-state index contributed by atoms with van der Waals surface area (Å²) in [6, 6.07) is 7.01. The molecule has 0 aliphatic carbocycles. The lowest BCUT2D eigenvalue weighted by atomic mass is 10.1. The van der Waals surface area contributed by atoms with E-state index in [1.54, 1.807) is 30.3 Å². The van der Waals surface area contributed by atoms with Crippen LogP contribution < -0.4 is 5.32 Å². The summed E-state index contributed by atoms with van der Waals surface area (Å²) in [4.78, 5) is 15.9. The van der Waals surface area contributed by atoms with Crippen molar-refractivity contribution in [2.24, 2.45) is 0 Å². The molecule has 1 aromatic heterocycles. The van der Waals surface area contributed by atoms with Crippen LogP contribution in [0.15, 0.2) is 35.7 Å². The van der Waals surface area contributed by atoms with Crippen LogP contribution in [-0.4, -0.2) is 22.5 Å². The molecule has 110 valence electrons. The fraction of sp³-hybridized carbons (Fsp3) is 0.200. The molecule has 1 unspecified atom stereocenters. The standard InChI is InChI=1S/C15H15ClN2O2S/c1-10-18-11(9-21-10)6-7-15(20)17-8-14(19)12-4-2-3-5-13(12)16/h2-7,9,14,19H,8H2,1H3,(H,17,20)/b7-6+. The highest BCUT2D eigenvalue weighted by Crippen LogP contribution is 2.21. The Kier molecular flexibility index (Phi) is 5.50. The minimum absolute atomic E-state index is 0.100. The Morgan fingerprint density at radius 1 is 1.52 bits per heavy atom. The number of carbonyl (C=O) groups excluding carboxylic acids is 1. The van der Waals surface area contributed by atoms with Crippen LogP contribution in [0, 0.1) is 6.92 Å². The van der Waals surface area contributed by atoms with Gasteiger partial charge in [0.2, 0.25) is 5.91 Å². The molecule has 0 bridgehead atoms. The van der Waals surface area contributed by atoms with Crippen molar-refractivity contribution in [1.82, 2.24) is 10.3 Å². The minimum Gasteiger partial charge on any atom is -0.387 e. The zero-order valence-electron chi connectivity index (χ0n) is 11.4. The maximum Gasteiger partial charge on any atom is 0.244 e. The normalized spacial score (nSPS) is 12.5. The van der Waals surface area contributed by atoms with Crippen LogP contribution in [-0.2, 0) is 4.79 Å². The van der Waals surface area contributed by atoms with Gasteiger partial charge >= 0.3 is 0 Å². The van der Waals surface area contributed by atoms with Crippen molar-refractivity contribution in [2.75, 3.05) is 6.54 Å². The summed E-state index contributed by atoms with van der Waals surface area (Å²) in [6.07, 6.45) is 2.20. The van der Waals surface area contributed by atoms with Gasteiger partial charge in [-0.15, -0.1) is 11.3 Å². The van der Waals surface area contributed by atoms with Gasteiger partial charge in [-0.05, 0) is 19.1 Å². The van der Waals surface area contributed by atoms with E-state index in [0.29, 0.717) is 10.6 Å². The van der Waals surface area contributed by atoms with Gasteiger partial charge in [-0.3, -0.25) is 4.79 Å². The molecule has 0 fully saturated rings. The van der Waals surface area contributed by atoms with Gasteiger partial charge in [0.15, 0.2) is 0 Å². The van der Waals surface area contributed by atoms with Crippen molar-refractivity contribution in [3.63, 3.8) is 0 Å². The zero-order chi connectivity index (χ0) is 15.2. The van der Waals surface area contributed by atoms with Crippen LogP contribution >= 0.6 is 22.9 Å². The molecule has 0 radical (unpaired) electrons. The van der Waals surface area contributed by atoms with E-state index in [-0.39, 0.29) is 12.5 Å². The molecule has 1 amide bonds. The topological polar surface area (TPSA) is 62.2 Å². The number of benzene rings is 1. The molecule has 0 aliphatic heterocycles. The van der Waals surface area contributed by atoms with Crippen LogP contribution in [0.5, 0.6) is 0 Å². The molecule has 1 aromatic carbocycles. The smallest absolute Gasteiger partial charge is 0.244 e. The number of hydrogen-bond donors (Lipinski definition) is 2. The number of nitrogens with one attached hydrogen (secondary N) is 1. The molecule has 1 heterocycles. The third-order valence-electron chi connectivity index (χ3n) is 2.78. The number of aliphatic hydroxyl groups is 1. The third-order valence-corrected chi connectivity index (χ3v) is 3.91. The fourth-order valence-corrected chi connectivity index (χ4v) is 2.57. The average Bonchev–Trinajstić information content (AvgIpc) is 2.89. The molecular formula is C15H15ClN2O2S. The second-order valence-electron chi connectivity index (χ2n) is 4.41. The number of thiazole rings is 1. The van der Waals surface area contributed by atoms with Gasteiger partial charge in [0.25, 0.3) is 0 Å². The lowest BCUT2D eigenvalue weighted by molar-refractivity contribution is -0.116. The molecular weight excluding hydrogens is 308 g/mol. The average molecular weight is 323 g/mol. The summed E-state index contributed by atoms with van der Waals surface area (Å²) in [5.74, 6) is -0.285. The number of aryl methyl sites for hydroxylation is 1. The first-order chi connectivity index (χ1) is 10.1. The Balaban J connectivity index is 1.86. The van der Waals surface area contributed by atoms with Crippen molar-refractivity contribution < 1.29 is 9.90 Å². The van der Waals surface area contributed by atoms with E-state index in [9.17, 15) is 9.90 Å². The first kappa shape index (κ1) is 15.7. The second kappa shape index (κ2) is 7.36. The maximum atomic E-state index is 11.7. The van der Waals surface area contributed by atoms with Crippen molar-refractivity contribution in [3.05, 3.63) is 57.0 Å². The molecule has 2 aromatic rings. The van der Waals surface area contributed by atoms with Gasteiger partial charge in [0.1, 0.15) is 0 Å². The van der Waals surface area contributed by atoms with Crippen LogP contribution in [0.2, 0.25) is 5.02 Å². The second-order valence-corrected chi connectivity index (χ2v) is 5.88. The number of carbonyl (C=O) groups is 1. The van der Waals surface area contributed by atoms with Crippen LogP contribution in [0.1, 0.15) is 22.4 Å². The zero-order valence-corrected chi connectivity index (χ0v) is 13.0. The lowest BCUT2D eigenvalue weighted by Gasteiger charge is -2.12. The summed E-state index contributed by atoms with van der Waals surface area (Å²) in [6.45, 7) is 2.00. The molecule has 6 heteroatoms. The molecule has 0 aliphatic rings. The van der Waals surface area contributed by atoms with E-state index in [1.165, 1.54) is 17.4 Å². The fourth-order valence-electron chi connectivity index (χ4n) is 1.73. The van der Waals surface area contributed by atoms with Gasteiger partial charge in [0.05, 0.1) is 16.8 Å². The highest BCUT2D eigenvalue weighted by atomic mass is 35.5. The number of amides is 1. The molecule has 4 nitrogen and oxygen atoms in total. The quantitative estimate of drug-likeness (QED) is 0.832. The van der Waals surface area contributed by atoms with Gasteiger partial charge in [-0.25, -0.2) is 4.98 Å². The maximum absolute atomic E-state index is 11.7. The van der Waals surface area contributed by atoms with Gasteiger partial charge in [-0.2, -0.15) is 0 Å². The number of nitrogens with zero attached hydrogens (tertiary/aromatic N) is 1. The van der Waals surface area contributed by atoms with Crippen LogP contribution in [0.3, 0.4) is 0 Å². The van der Waals surface area contributed by atoms with Gasteiger partial charge in [0, 0.05) is 28.6 Å². The Morgan fingerprint density at radius 3 is 2.95 bits per heavy atom. The number of aliphatic hydroxyl groups excluding tert-OH is 1. The van der Waals surface area contributed by atoms with Crippen LogP contribution in [0.25, 0.3) is 6.08 Å². The molecule has 2 N–H and O–H groups in total. The van der Waals surface area contributed by atoms with Gasteiger partial charge < -0.3 is 10.4 Å². The van der Waals surface area contributed by atoms with Crippen LogP contribution in [0.4, 0.5) is 0 Å². The monoisotopic (exact) mass is 322 g/mol. The Morgan fingerprint density at radius 2 is 2.29 bits per heavy atom. The molecule has 0 spiro atoms. The molecule has 0 saturated carbocycles. The lowest BCUT2D eigenvalue weighted by Crippen LogP contribution is -2.26. The largest absolute Gasteiger partial charge is 0.387 e. The number of halogens is 1. The van der Waals surface area contributed by atoms with E-state index < -0.39 is 6.10 Å². The van der Waals surface area contributed by atoms with Crippen molar-refractivity contribution in [1.29, 1.82) is 0 Å². The van der Waals surface area contributed by atoms with E-state index in [1.807, 2.05) is 12.3 Å². The van der Waals surface area contributed by atoms with E-state index >= 15 is 0 Å². The first-order valence-corrected chi connectivity index (χ1v) is 7.62. The summed E-state index contributed by atoms with van der Waals surface area (Å²) in [5, 5.41) is 15.9. The van der Waals surface area contributed by atoms with E-state index in [4.69, 9.17) is 11.6 Å². The summed E-state index contributed by atoms with van der Waals surface area (Å²) in [7, 11) is 0. The molecule has 2 rings (SSSR count). The predicted octanol–water partition coefficient (Wildman–Crippen LogP) is 2.97. The van der Waals surface area contributed by atoms with Crippen molar-refractivity contribution in [3.8, 4) is 0 Å². The Bertz CT molecular complexity index is 655. The number of hydrogen-bond acceptors (Lipinski definition) is 4. The Labute approximate surface area is 132 Å². The molecule has 0 saturated heterocycles. The number of rotatable bonds is 5. The SMILES string of the molecule is Cc1nc(/C=C/C(=O)NCC(O)c2ccccc2Cl)cs1. The first-order valence-electron chi connectivity index (χ1n) is 6.37. The van der Waals surface area contributed by atoms with E-state index in [2.05, 4.69) is 10.3 Å². The van der Waals surface area contributed by atoms with Crippen molar-refractivity contribution in [2.45, 2.75) is 13.0 Å². The summed E-state index contributed by atoms with van der Waals surface area (Å²) in [5.41, 5.74) is 1.35. The Hall–Kier alpha value is -1.69. The summed E-state index contributed by atoms with van der Waals surface area (Å²) >= 11 is 7.51. The summed E-state index contributed by atoms with van der Waals surface area (Å²) < 4.78 is 0.